The van der Waals surface area contributed by atoms with Gasteiger partial charge in [-0.2, -0.15) is 0 Å². The fraction of sp³-hybridized carbons (Fsp3) is 0.417. The monoisotopic (exact) mass is 475 g/mol. The van der Waals surface area contributed by atoms with E-state index in [-0.39, 0.29) is 21.3 Å². The smallest absolute Gasteiger partial charge is 0.262 e. The van der Waals surface area contributed by atoms with Gasteiger partial charge >= 0.3 is 11.8 Å². The summed E-state index contributed by atoms with van der Waals surface area (Å²) in [5.41, 5.74) is 2.20. The Bertz CT molecular complexity index is 1120. The molecule has 0 saturated carbocycles. The molecular formula is C24H28ClN2O4S+. The van der Waals surface area contributed by atoms with Gasteiger partial charge in [0.25, 0.3) is 5.37 Å². The normalized spacial score (nSPS) is 24.1. The number of carbonyl (C=O) groups excluding carboxylic acids is 2. The van der Waals surface area contributed by atoms with Crippen molar-refractivity contribution in [1.82, 2.24) is 5.01 Å². The first-order valence-electron chi connectivity index (χ1n) is 11.0. The molecule has 8 heteroatoms. The highest BCUT2D eigenvalue weighted by molar-refractivity contribution is 7.92. The fourth-order valence-electron chi connectivity index (χ4n) is 4.82. The van der Waals surface area contributed by atoms with E-state index in [0.29, 0.717) is 6.54 Å². The van der Waals surface area contributed by atoms with Gasteiger partial charge in [0.05, 0.1) is 11.8 Å². The number of quaternary nitrogens is 1. The van der Waals surface area contributed by atoms with Crippen LogP contribution >= 0.6 is 11.6 Å². The zero-order valence-corrected chi connectivity index (χ0v) is 19.9. The van der Waals surface area contributed by atoms with E-state index in [1.54, 1.807) is 24.3 Å². The van der Waals surface area contributed by atoms with Crippen LogP contribution in [0.15, 0.2) is 53.4 Å². The number of sulfone groups is 1. The molecule has 0 N–H and O–H groups in total. The van der Waals surface area contributed by atoms with Crippen molar-refractivity contribution in [1.29, 1.82) is 0 Å². The summed E-state index contributed by atoms with van der Waals surface area (Å²) in [5, 5.41) is 1.06. The van der Waals surface area contributed by atoms with Crippen molar-refractivity contribution in [2.45, 2.75) is 62.3 Å². The molecule has 2 aromatic carbocycles. The second kappa shape index (κ2) is 8.61. The number of halogens is 1. The third-order valence-electron chi connectivity index (χ3n) is 6.68. The molecule has 3 aliphatic heterocycles. The van der Waals surface area contributed by atoms with E-state index < -0.39 is 21.3 Å². The minimum Gasteiger partial charge on any atom is -0.262 e. The van der Waals surface area contributed by atoms with Crippen LogP contribution in [0.25, 0.3) is 0 Å². The van der Waals surface area contributed by atoms with Crippen LogP contribution in [0.4, 0.5) is 0 Å². The summed E-state index contributed by atoms with van der Waals surface area (Å²) < 4.78 is 26.0. The van der Waals surface area contributed by atoms with Crippen LogP contribution in [0.1, 0.15) is 43.7 Å². The minimum atomic E-state index is -3.70. The SMILES string of the molecule is CC(=O)[N@+]1(CCCCCCc2ccc(Cl)cc2)C2C(=O)N1[C@H]2S(=O)(=O)c1ccc(C)cc1. The summed E-state index contributed by atoms with van der Waals surface area (Å²) in [6.07, 6.45) is 4.68. The molecule has 0 radical (unpaired) electrons. The van der Waals surface area contributed by atoms with Crippen molar-refractivity contribution in [3.63, 3.8) is 0 Å². The largest absolute Gasteiger partial charge is 0.335 e. The highest BCUT2D eigenvalue weighted by Crippen LogP contribution is 2.52. The molecule has 170 valence electrons. The first-order valence-corrected chi connectivity index (χ1v) is 12.9. The van der Waals surface area contributed by atoms with Crippen LogP contribution in [0, 0.1) is 6.92 Å². The highest BCUT2D eigenvalue weighted by Gasteiger charge is 2.86. The molecular weight excluding hydrogens is 448 g/mol. The average molecular weight is 476 g/mol. The number of carbonyl (C=O) groups is 2. The lowest BCUT2D eigenvalue weighted by molar-refractivity contribution is -1.05. The van der Waals surface area contributed by atoms with Gasteiger partial charge in [-0.05, 0) is 62.4 Å². The van der Waals surface area contributed by atoms with E-state index in [1.807, 2.05) is 31.2 Å². The molecule has 2 aromatic rings. The van der Waals surface area contributed by atoms with E-state index in [2.05, 4.69) is 0 Å². The molecule has 3 saturated heterocycles. The molecule has 3 fully saturated rings. The molecule has 0 aliphatic carbocycles. The molecule has 1 unspecified atom stereocenters. The van der Waals surface area contributed by atoms with Gasteiger partial charge in [0.1, 0.15) is 6.54 Å². The van der Waals surface area contributed by atoms with Crippen LogP contribution in [-0.4, -0.2) is 47.8 Å². The van der Waals surface area contributed by atoms with Gasteiger partial charge < -0.3 is 0 Å². The molecule has 6 nitrogen and oxygen atoms in total. The number of nitrogens with zero attached hydrogens (tertiary/aromatic N) is 2. The van der Waals surface area contributed by atoms with Crippen molar-refractivity contribution in [2.24, 2.45) is 0 Å². The molecule has 3 aliphatic rings. The van der Waals surface area contributed by atoms with Gasteiger partial charge in [0.2, 0.25) is 15.9 Å². The summed E-state index contributed by atoms with van der Waals surface area (Å²) in [4.78, 5) is 25.0. The maximum absolute atomic E-state index is 13.1. The third kappa shape index (κ3) is 3.66. The van der Waals surface area contributed by atoms with Gasteiger partial charge in [-0.3, -0.25) is 4.79 Å². The molecule has 0 aromatic heterocycles. The third-order valence-corrected chi connectivity index (χ3v) is 8.95. The van der Waals surface area contributed by atoms with Crippen molar-refractivity contribution in [3.05, 3.63) is 64.7 Å². The topological polar surface area (TPSA) is 71.5 Å². The van der Waals surface area contributed by atoms with Crippen molar-refractivity contribution < 1.29 is 22.6 Å². The van der Waals surface area contributed by atoms with E-state index in [1.165, 1.54) is 17.5 Å². The number of aryl methyl sites for hydroxylation is 2. The first kappa shape index (κ1) is 23.0. The number of amides is 2. The summed E-state index contributed by atoms with van der Waals surface area (Å²) in [6.45, 7) is 3.80. The van der Waals surface area contributed by atoms with Crippen molar-refractivity contribution in [3.8, 4) is 0 Å². The van der Waals surface area contributed by atoms with Crippen molar-refractivity contribution >= 4 is 33.3 Å². The van der Waals surface area contributed by atoms with E-state index >= 15 is 0 Å². The van der Waals surface area contributed by atoms with Crippen LogP contribution < -0.4 is 0 Å². The van der Waals surface area contributed by atoms with E-state index in [9.17, 15) is 18.0 Å². The maximum atomic E-state index is 13.1. The lowest BCUT2D eigenvalue weighted by Crippen LogP contribution is -3.00. The number of benzene rings is 2. The summed E-state index contributed by atoms with van der Waals surface area (Å²) in [5.74, 6) is -0.422. The Labute approximate surface area is 194 Å². The number of β-lactam (4-membered cyclic amide) rings is 1. The number of rotatable bonds is 9. The molecule has 0 spiro atoms. The Morgan fingerprint density at radius 1 is 1.00 bits per heavy atom. The maximum Gasteiger partial charge on any atom is 0.335 e. The standard InChI is InChI=1S/C24H28ClN2O4S/c1-17-8-14-21(15-9-17)32(30,31)24-22-23(29)26(24)27(22,18(2)28)16-6-4-3-5-7-19-10-12-20(25)13-11-19/h8-15,22,24H,3-7,16H2,1-2H3/q+1/t22?,24-,27+/m0/s1. The number of unbranched alkanes of at least 4 members (excludes halogenated alkanes) is 3. The Hall–Kier alpha value is -2.22. The van der Waals surface area contributed by atoms with Crippen LogP contribution in [0.5, 0.6) is 0 Å². The van der Waals surface area contributed by atoms with E-state index in [4.69, 9.17) is 11.6 Å². The first-order chi connectivity index (χ1) is 15.2. The Balaban J connectivity index is 1.34. The molecule has 3 heterocycles. The minimum absolute atomic E-state index is 0.147. The Morgan fingerprint density at radius 3 is 2.16 bits per heavy atom. The quantitative estimate of drug-likeness (QED) is 0.311. The predicted molar refractivity (Wildman–Crippen MR) is 122 cm³/mol. The number of hydrogen-bond acceptors (Lipinski definition) is 4. The van der Waals surface area contributed by atoms with Crippen LogP contribution in [0.2, 0.25) is 5.02 Å². The van der Waals surface area contributed by atoms with E-state index in [0.717, 1.165) is 42.7 Å². The molecule has 3 atom stereocenters. The average Bonchev–Trinajstić information content (AvgIpc) is 2.72. The molecule has 32 heavy (non-hydrogen) atoms. The van der Waals surface area contributed by atoms with Crippen LogP contribution in [0.3, 0.4) is 0 Å². The zero-order valence-electron chi connectivity index (χ0n) is 18.3. The predicted octanol–water partition coefficient (Wildman–Crippen LogP) is 4.05. The van der Waals surface area contributed by atoms with Gasteiger partial charge in [0.15, 0.2) is 0 Å². The van der Waals surface area contributed by atoms with Crippen molar-refractivity contribution in [2.75, 3.05) is 6.54 Å². The fourth-order valence-corrected chi connectivity index (χ4v) is 6.93. The van der Waals surface area contributed by atoms with Gasteiger partial charge in [-0.15, -0.1) is 9.60 Å². The molecule has 2 amide bonds. The highest BCUT2D eigenvalue weighted by atomic mass is 35.5. The van der Waals surface area contributed by atoms with Crippen LogP contribution in [-0.2, 0) is 25.8 Å². The second-order valence-electron chi connectivity index (χ2n) is 8.74. The lowest BCUT2D eigenvalue weighted by atomic mass is 9.94. The lowest BCUT2D eigenvalue weighted by Gasteiger charge is -2.68. The van der Waals surface area contributed by atoms with Gasteiger partial charge in [0, 0.05) is 5.02 Å². The van der Waals surface area contributed by atoms with Gasteiger partial charge in [-0.25, -0.2) is 13.2 Å². The molecule has 5 rings (SSSR count). The zero-order chi connectivity index (χ0) is 23.1. The molecule has 2 bridgehead atoms. The Kier molecular flexibility index (Phi) is 6.18. The summed E-state index contributed by atoms with van der Waals surface area (Å²) in [7, 11) is -3.70. The number of hydrogen-bond donors (Lipinski definition) is 0. The second-order valence-corrected chi connectivity index (χ2v) is 11.2. The summed E-state index contributed by atoms with van der Waals surface area (Å²) in [6, 6.07) is 13.6. The Morgan fingerprint density at radius 2 is 1.59 bits per heavy atom. The van der Waals surface area contributed by atoms with Gasteiger partial charge in [-0.1, -0.05) is 47.9 Å². The summed E-state index contributed by atoms with van der Waals surface area (Å²) >= 11 is 5.91.